The van der Waals surface area contributed by atoms with Crippen LogP contribution in [-0.2, 0) is 16.6 Å². The van der Waals surface area contributed by atoms with Crippen molar-refractivity contribution < 1.29 is 12.8 Å². The Morgan fingerprint density at radius 2 is 1.76 bits per heavy atom. The molecule has 0 radical (unpaired) electrons. The Morgan fingerprint density at radius 3 is 2.43 bits per heavy atom. The third-order valence-electron chi connectivity index (χ3n) is 3.42. The molecule has 6 heteroatoms. The van der Waals surface area contributed by atoms with Crippen molar-refractivity contribution in [1.29, 1.82) is 0 Å². The van der Waals surface area contributed by atoms with Crippen LogP contribution in [0.15, 0.2) is 41.3 Å². The number of benzene rings is 2. The summed E-state index contributed by atoms with van der Waals surface area (Å²) in [6, 6.07) is 9.20. The van der Waals surface area contributed by atoms with Crippen molar-refractivity contribution in [3.8, 4) is 0 Å². The van der Waals surface area contributed by atoms with E-state index >= 15 is 0 Å². The van der Waals surface area contributed by atoms with Crippen molar-refractivity contribution in [2.75, 3.05) is 4.72 Å². The van der Waals surface area contributed by atoms with Gasteiger partial charge in [0.05, 0.1) is 10.6 Å². The molecule has 112 valence electrons. The fourth-order valence-electron chi connectivity index (χ4n) is 2.09. The maximum absolute atomic E-state index is 13.5. The second-order valence-corrected chi connectivity index (χ2v) is 6.41. The zero-order chi connectivity index (χ0) is 15.6. The van der Waals surface area contributed by atoms with E-state index in [1.54, 1.807) is 19.1 Å². The standard InChI is InChI=1S/C15H17FN2O2S/c1-10-12(9-17)5-3-8-15(10)21(19,20)18-14-7-4-6-13(16)11(14)2/h3-8,18H,9,17H2,1-2H3. The minimum absolute atomic E-state index is 0.147. The van der Waals surface area contributed by atoms with Gasteiger partial charge in [0.15, 0.2) is 0 Å². The summed E-state index contributed by atoms with van der Waals surface area (Å²) in [6.45, 7) is 3.49. The molecule has 0 spiro atoms. The van der Waals surface area contributed by atoms with Crippen molar-refractivity contribution in [2.45, 2.75) is 25.3 Å². The summed E-state index contributed by atoms with van der Waals surface area (Å²) in [6.07, 6.45) is 0. The third-order valence-corrected chi connectivity index (χ3v) is 4.93. The van der Waals surface area contributed by atoms with Crippen LogP contribution in [0.2, 0.25) is 0 Å². The number of hydrogen-bond acceptors (Lipinski definition) is 3. The van der Waals surface area contributed by atoms with Crippen LogP contribution in [0.1, 0.15) is 16.7 Å². The van der Waals surface area contributed by atoms with Crippen LogP contribution in [0.5, 0.6) is 0 Å². The highest BCUT2D eigenvalue weighted by Gasteiger charge is 2.19. The first-order chi connectivity index (χ1) is 9.86. The van der Waals surface area contributed by atoms with Gasteiger partial charge in [0.25, 0.3) is 10.0 Å². The largest absolute Gasteiger partial charge is 0.326 e. The molecular formula is C15H17FN2O2S. The maximum atomic E-state index is 13.5. The van der Waals surface area contributed by atoms with E-state index in [-0.39, 0.29) is 22.7 Å². The van der Waals surface area contributed by atoms with Gasteiger partial charge in [-0.3, -0.25) is 4.72 Å². The van der Waals surface area contributed by atoms with E-state index in [1.807, 2.05) is 0 Å². The SMILES string of the molecule is Cc1c(F)cccc1NS(=O)(=O)c1cccc(CN)c1C. The summed E-state index contributed by atoms with van der Waals surface area (Å²) < 4.78 is 40.9. The number of nitrogens with two attached hydrogens (primary N) is 1. The van der Waals surface area contributed by atoms with Gasteiger partial charge in [0.1, 0.15) is 5.82 Å². The first-order valence-electron chi connectivity index (χ1n) is 6.43. The molecule has 0 atom stereocenters. The molecule has 0 aliphatic carbocycles. The Hall–Kier alpha value is -1.92. The lowest BCUT2D eigenvalue weighted by Crippen LogP contribution is -2.16. The number of sulfonamides is 1. The van der Waals surface area contributed by atoms with Gasteiger partial charge in [0.2, 0.25) is 0 Å². The molecule has 21 heavy (non-hydrogen) atoms. The highest BCUT2D eigenvalue weighted by atomic mass is 32.2. The molecule has 0 heterocycles. The second-order valence-electron chi connectivity index (χ2n) is 4.76. The number of halogens is 1. The molecule has 2 aromatic carbocycles. The number of nitrogens with one attached hydrogen (secondary N) is 1. The highest BCUT2D eigenvalue weighted by molar-refractivity contribution is 7.92. The topological polar surface area (TPSA) is 72.2 Å². The Bertz CT molecular complexity index is 773. The molecule has 2 aromatic rings. The Labute approximate surface area is 123 Å². The Morgan fingerprint density at radius 1 is 1.10 bits per heavy atom. The fraction of sp³-hybridized carbons (Fsp3) is 0.200. The first kappa shape index (κ1) is 15.5. The van der Waals surface area contributed by atoms with Gasteiger partial charge in [-0.1, -0.05) is 18.2 Å². The van der Waals surface area contributed by atoms with Gasteiger partial charge in [0, 0.05) is 12.1 Å². The van der Waals surface area contributed by atoms with Crippen LogP contribution in [0.3, 0.4) is 0 Å². The summed E-state index contributed by atoms with van der Waals surface area (Å²) in [4.78, 5) is 0.147. The molecule has 0 aromatic heterocycles. The molecule has 4 nitrogen and oxygen atoms in total. The fourth-order valence-corrected chi connectivity index (χ4v) is 3.50. The van der Waals surface area contributed by atoms with Crippen LogP contribution in [0.25, 0.3) is 0 Å². The first-order valence-corrected chi connectivity index (χ1v) is 7.91. The molecule has 0 amide bonds. The van der Waals surface area contributed by atoms with Gasteiger partial charge >= 0.3 is 0 Å². The van der Waals surface area contributed by atoms with Gasteiger partial charge in [-0.2, -0.15) is 0 Å². The van der Waals surface area contributed by atoms with Gasteiger partial charge in [-0.05, 0) is 43.2 Å². The van der Waals surface area contributed by atoms with E-state index in [0.29, 0.717) is 5.56 Å². The lowest BCUT2D eigenvalue weighted by molar-refractivity contribution is 0.600. The molecule has 3 N–H and O–H groups in total. The highest BCUT2D eigenvalue weighted by Crippen LogP contribution is 2.24. The van der Waals surface area contributed by atoms with Gasteiger partial charge < -0.3 is 5.73 Å². The molecule has 0 unspecified atom stereocenters. The average Bonchev–Trinajstić information content (AvgIpc) is 2.44. The summed E-state index contributed by atoms with van der Waals surface area (Å²) in [5.41, 5.74) is 7.44. The Kier molecular flexibility index (Phi) is 4.29. The van der Waals surface area contributed by atoms with Crippen molar-refractivity contribution in [1.82, 2.24) is 0 Å². The molecule has 0 saturated carbocycles. The zero-order valence-electron chi connectivity index (χ0n) is 11.9. The number of anilines is 1. The van der Waals surface area contributed by atoms with Crippen LogP contribution in [-0.4, -0.2) is 8.42 Å². The monoisotopic (exact) mass is 308 g/mol. The van der Waals surface area contributed by atoms with E-state index in [0.717, 1.165) is 5.56 Å². The summed E-state index contributed by atoms with van der Waals surface area (Å²) in [5, 5.41) is 0. The smallest absolute Gasteiger partial charge is 0.262 e. The average molecular weight is 308 g/mol. The van der Waals surface area contributed by atoms with Crippen molar-refractivity contribution in [3.05, 3.63) is 58.9 Å². The summed E-state index contributed by atoms with van der Waals surface area (Å²) in [7, 11) is -3.79. The molecule has 0 saturated heterocycles. The minimum Gasteiger partial charge on any atom is -0.326 e. The minimum atomic E-state index is -3.79. The molecule has 0 aliphatic rings. The van der Waals surface area contributed by atoms with Crippen LogP contribution in [0.4, 0.5) is 10.1 Å². The predicted octanol–water partition coefficient (Wildman–Crippen LogP) is 2.70. The molecule has 0 fully saturated rings. The molecule has 0 aliphatic heterocycles. The van der Waals surface area contributed by atoms with Crippen LogP contribution < -0.4 is 10.5 Å². The lowest BCUT2D eigenvalue weighted by Gasteiger charge is -2.14. The summed E-state index contributed by atoms with van der Waals surface area (Å²) in [5.74, 6) is -0.456. The van der Waals surface area contributed by atoms with E-state index in [9.17, 15) is 12.8 Å². The zero-order valence-corrected chi connectivity index (χ0v) is 12.7. The van der Waals surface area contributed by atoms with Crippen molar-refractivity contribution >= 4 is 15.7 Å². The Balaban J connectivity index is 2.46. The van der Waals surface area contributed by atoms with Gasteiger partial charge in [-0.15, -0.1) is 0 Å². The lowest BCUT2D eigenvalue weighted by atomic mass is 10.1. The third kappa shape index (κ3) is 3.06. The number of rotatable bonds is 4. The van der Waals surface area contributed by atoms with E-state index in [4.69, 9.17) is 5.73 Å². The summed E-state index contributed by atoms with van der Waals surface area (Å²) >= 11 is 0. The normalized spacial score (nSPS) is 11.4. The predicted molar refractivity (Wildman–Crippen MR) is 81.0 cm³/mol. The quantitative estimate of drug-likeness (QED) is 0.912. The maximum Gasteiger partial charge on any atom is 0.262 e. The van der Waals surface area contributed by atoms with Gasteiger partial charge in [-0.25, -0.2) is 12.8 Å². The van der Waals surface area contributed by atoms with E-state index < -0.39 is 15.8 Å². The molecule has 0 bridgehead atoms. The van der Waals surface area contributed by atoms with Crippen molar-refractivity contribution in [3.63, 3.8) is 0 Å². The van der Waals surface area contributed by atoms with Crippen molar-refractivity contribution in [2.24, 2.45) is 5.73 Å². The molecule has 2 rings (SSSR count). The molecular weight excluding hydrogens is 291 g/mol. The van der Waals surface area contributed by atoms with E-state index in [1.165, 1.54) is 31.2 Å². The number of hydrogen-bond donors (Lipinski definition) is 2. The van der Waals surface area contributed by atoms with Crippen LogP contribution in [0, 0.1) is 19.7 Å². The second kappa shape index (κ2) is 5.83. The van der Waals surface area contributed by atoms with Crippen LogP contribution >= 0.6 is 0 Å². The van der Waals surface area contributed by atoms with E-state index in [2.05, 4.69) is 4.72 Å².